The summed E-state index contributed by atoms with van der Waals surface area (Å²) in [7, 11) is 0. The van der Waals surface area contributed by atoms with E-state index in [9.17, 15) is 18.3 Å². The van der Waals surface area contributed by atoms with Crippen LogP contribution in [0.1, 0.15) is 30.8 Å². The summed E-state index contributed by atoms with van der Waals surface area (Å²) in [6.45, 7) is 5.49. The van der Waals surface area contributed by atoms with Crippen molar-refractivity contribution in [1.29, 1.82) is 0 Å². The molecule has 3 aromatic rings. The number of aromatic nitrogens is 3. The fourth-order valence-electron chi connectivity index (χ4n) is 3.59. The molecular weight excluding hydrogens is 381 g/mol. The molecule has 3 heterocycles. The minimum Gasteiger partial charge on any atom is -0.372 e. The number of aliphatic hydroxyl groups is 1. The van der Waals surface area contributed by atoms with E-state index in [-0.39, 0.29) is 5.69 Å². The minimum atomic E-state index is -4.52. The summed E-state index contributed by atoms with van der Waals surface area (Å²) >= 11 is 0. The Bertz CT molecular complexity index is 1060. The molecule has 0 aliphatic carbocycles. The molecule has 0 saturated carbocycles. The van der Waals surface area contributed by atoms with Crippen LogP contribution in [0.5, 0.6) is 0 Å². The van der Waals surface area contributed by atoms with Crippen LogP contribution < -0.4 is 4.90 Å². The zero-order valence-corrected chi connectivity index (χ0v) is 16.1. The molecule has 2 aromatic heterocycles. The van der Waals surface area contributed by atoms with Gasteiger partial charge in [0.15, 0.2) is 0 Å². The number of aryl methyl sites for hydroxylation is 1. The fraction of sp³-hybridized carbons (Fsp3) is 0.286. The number of rotatable bonds is 2. The zero-order chi connectivity index (χ0) is 21.0. The molecule has 1 aliphatic heterocycles. The largest absolute Gasteiger partial charge is 0.417 e. The van der Waals surface area contributed by atoms with Gasteiger partial charge in [-0.25, -0.2) is 9.97 Å². The first-order chi connectivity index (χ1) is 13.6. The Hall–Kier alpha value is -3.00. The van der Waals surface area contributed by atoms with Crippen LogP contribution in [0.2, 0.25) is 0 Å². The quantitative estimate of drug-likeness (QED) is 0.681. The Kier molecular flexibility index (Phi) is 4.34. The highest BCUT2D eigenvalue weighted by atomic mass is 19.4. The minimum absolute atomic E-state index is 0.177. The van der Waals surface area contributed by atoms with Crippen molar-refractivity contribution in [3.63, 3.8) is 0 Å². The fourth-order valence-corrected chi connectivity index (χ4v) is 3.59. The lowest BCUT2D eigenvalue weighted by Gasteiger charge is -2.30. The van der Waals surface area contributed by atoms with Gasteiger partial charge in [-0.15, -0.1) is 0 Å². The standard InChI is InChI=1S/C21H19F3N4O/c1-12-26-8-14(9-27-12)13-4-5-17-18(6-13)28(19(29)20(17,2)3)16-7-15(10-25-11-16)21(22,23)24/h4-11,19,29H,1-3H3. The summed E-state index contributed by atoms with van der Waals surface area (Å²) in [5, 5.41) is 11.0. The molecular formula is C21H19F3N4O. The van der Waals surface area contributed by atoms with Crippen LogP contribution in [0.3, 0.4) is 0 Å². The third-order valence-corrected chi connectivity index (χ3v) is 5.29. The number of halogens is 3. The lowest BCUT2D eigenvalue weighted by molar-refractivity contribution is -0.137. The van der Waals surface area contributed by atoms with Crippen LogP contribution in [-0.4, -0.2) is 26.3 Å². The molecule has 1 atom stereocenters. The molecule has 4 rings (SSSR count). The van der Waals surface area contributed by atoms with Crippen molar-refractivity contribution in [2.24, 2.45) is 0 Å². The van der Waals surface area contributed by atoms with Gasteiger partial charge in [0.1, 0.15) is 12.1 Å². The third kappa shape index (κ3) is 3.23. The number of anilines is 2. The van der Waals surface area contributed by atoms with Crippen LogP contribution in [0.25, 0.3) is 11.1 Å². The number of benzene rings is 1. The van der Waals surface area contributed by atoms with E-state index < -0.39 is 23.4 Å². The van der Waals surface area contributed by atoms with Crippen molar-refractivity contribution in [1.82, 2.24) is 15.0 Å². The van der Waals surface area contributed by atoms with Crippen LogP contribution in [0.15, 0.2) is 49.1 Å². The van der Waals surface area contributed by atoms with E-state index in [0.717, 1.165) is 29.0 Å². The maximum absolute atomic E-state index is 13.2. The summed E-state index contributed by atoms with van der Waals surface area (Å²) in [6, 6.07) is 6.62. The molecule has 1 aromatic carbocycles. The number of alkyl halides is 3. The zero-order valence-electron chi connectivity index (χ0n) is 16.1. The summed E-state index contributed by atoms with van der Waals surface area (Å²) in [5.41, 5.74) is 1.67. The first kappa shape index (κ1) is 19.3. The molecule has 0 spiro atoms. The van der Waals surface area contributed by atoms with E-state index in [1.165, 1.54) is 11.1 Å². The van der Waals surface area contributed by atoms with Crippen LogP contribution in [0.4, 0.5) is 24.5 Å². The summed E-state index contributed by atoms with van der Waals surface area (Å²) in [5.74, 6) is 0.642. The second-order valence-corrected chi connectivity index (χ2v) is 7.65. The molecule has 1 aliphatic rings. The number of hydrogen-bond acceptors (Lipinski definition) is 5. The molecule has 0 fully saturated rings. The Labute approximate surface area is 165 Å². The average molecular weight is 400 g/mol. The molecule has 1 N–H and O–H groups in total. The van der Waals surface area contributed by atoms with Crippen molar-refractivity contribution < 1.29 is 18.3 Å². The molecule has 150 valence electrons. The molecule has 8 heteroatoms. The molecule has 0 bridgehead atoms. The Balaban J connectivity index is 1.86. The average Bonchev–Trinajstić information content (AvgIpc) is 2.87. The van der Waals surface area contributed by atoms with Crippen molar-refractivity contribution in [3.8, 4) is 11.1 Å². The van der Waals surface area contributed by atoms with Gasteiger partial charge in [0.25, 0.3) is 0 Å². The van der Waals surface area contributed by atoms with Gasteiger partial charge >= 0.3 is 6.18 Å². The highest BCUT2D eigenvalue weighted by molar-refractivity contribution is 5.78. The smallest absolute Gasteiger partial charge is 0.372 e. The lowest BCUT2D eigenvalue weighted by Crippen LogP contribution is -2.38. The van der Waals surface area contributed by atoms with E-state index >= 15 is 0 Å². The summed E-state index contributed by atoms with van der Waals surface area (Å²) < 4.78 is 39.5. The number of fused-ring (bicyclic) bond motifs is 1. The van der Waals surface area contributed by atoms with Gasteiger partial charge in [0.2, 0.25) is 0 Å². The first-order valence-corrected chi connectivity index (χ1v) is 9.02. The molecule has 0 radical (unpaired) electrons. The van der Waals surface area contributed by atoms with Gasteiger partial charge in [-0.2, -0.15) is 13.2 Å². The van der Waals surface area contributed by atoms with Crippen molar-refractivity contribution in [2.45, 2.75) is 38.6 Å². The van der Waals surface area contributed by atoms with Crippen molar-refractivity contribution >= 4 is 11.4 Å². The topological polar surface area (TPSA) is 62.1 Å². The molecule has 29 heavy (non-hydrogen) atoms. The van der Waals surface area contributed by atoms with Gasteiger partial charge in [-0.3, -0.25) is 4.98 Å². The van der Waals surface area contributed by atoms with Crippen molar-refractivity contribution in [3.05, 3.63) is 66.0 Å². The maximum atomic E-state index is 13.2. The second-order valence-electron chi connectivity index (χ2n) is 7.65. The highest BCUT2D eigenvalue weighted by Gasteiger charge is 2.45. The number of hydrogen-bond donors (Lipinski definition) is 1. The van der Waals surface area contributed by atoms with E-state index in [4.69, 9.17) is 0 Å². The molecule has 0 amide bonds. The number of aliphatic hydroxyl groups excluding tert-OH is 1. The maximum Gasteiger partial charge on any atom is 0.417 e. The van der Waals surface area contributed by atoms with Crippen LogP contribution in [0, 0.1) is 6.92 Å². The number of nitrogens with zero attached hydrogens (tertiary/aromatic N) is 4. The summed E-state index contributed by atoms with van der Waals surface area (Å²) in [6.07, 6.45) is -0.0865. The SMILES string of the molecule is Cc1ncc(-c2ccc3c(c2)N(c2cncc(C(F)(F)F)c2)C(O)C3(C)C)cn1. The van der Waals surface area contributed by atoms with Gasteiger partial charge in [0.05, 0.1) is 17.4 Å². The normalized spacial score (nSPS) is 18.0. The third-order valence-electron chi connectivity index (χ3n) is 5.29. The van der Waals surface area contributed by atoms with Crippen molar-refractivity contribution in [2.75, 3.05) is 4.90 Å². The highest BCUT2D eigenvalue weighted by Crippen LogP contribution is 2.49. The van der Waals surface area contributed by atoms with Gasteiger partial charge in [-0.1, -0.05) is 26.0 Å². The molecule has 0 saturated heterocycles. The van der Waals surface area contributed by atoms with E-state index in [1.54, 1.807) is 19.3 Å². The lowest BCUT2D eigenvalue weighted by atomic mass is 9.85. The Morgan fingerprint density at radius 2 is 1.69 bits per heavy atom. The van der Waals surface area contributed by atoms with Gasteiger partial charge in [-0.05, 0) is 30.2 Å². The molecule has 5 nitrogen and oxygen atoms in total. The molecule has 1 unspecified atom stereocenters. The Morgan fingerprint density at radius 1 is 1.00 bits per heavy atom. The van der Waals surface area contributed by atoms with Crippen LogP contribution >= 0.6 is 0 Å². The van der Waals surface area contributed by atoms with E-state index in [0.29, 0.717) is 11.5 Å². The predicted octanol–water partition coefficient (Wildman–Crippen LogP) is 4.61. The van der Waals surface area contributed by atoms with Gasteiger partial charge in [0, 0.05) is 35.3 Å². The Morgan fingerprint density at radius 3 is 2.34 bits per heavy atom. The summed E-state index contributed by atoms with van der Waals surface area (Å²) in [4.78, 5) is 13.6. The van der Waals surface area contributed by atoms with E-state index in [2.05, 4.69) is 15.0 Å². The van der Waals surface area contributed by atoms with Crippen LogP contribution in [-0.2, 0) is 11.6 Å². The van der Waals surface area contributed by atoms with Gasteiger partial charge < -0.3 is 10.0 Å². The van der Waals surface area contributed by atoms with E-state index in [1.807, 2.05) is 32.0 Å². The second kappa shape index (κ2) is 6.52. The first-order valence-electron chi connectivity index (χ1n) is 9.02. The number of pyridine rings is 1. The predicted molar refractivity (Wildman–Crippen MR) is 103 cm³/mol. The monoisotopic (exact) mass is 400 g/mol.